The summed E-state index contributed by atoms with van der Waals surface area (Å²) in [7, 11) is 1.94. The third-order valence-corrected chi connectivity index (χ3v) is 4.45. The first-order valence-corrected chi connectivity index (χ1v) is 7.73. The van der Waals surface area contributed by atoms with Crippen LogP contribution in [-0.4, -0.2) is 14.8 Å². The minimum atomic E-state index is 0.672. The lowest BCUT2D eigenvalue weighted by molar-refractivity contribution is 0.534. The number of nitrogens with zero attached hydrogens (tertiary/aromatic N) is 4. The molecule has 0 unspecified atom stereocenters. The molecule has 0 N–H and O–H groups in total. The van der Waals surface area contributed by atoms with Crippen molar-refractivity contribution in [2.45, 2.75) is 17.8 Å². The number of aromatic nitrogens is 3. The number of thioether (sulfide) groups is 1. The van der Waals surface area contributed by atoms with E-state index in [9.17, 15) is 0 Å². The van der Waals surface area contributed by atoms with E-state index in [-0.39, 0.29) is 0 Å². The zero-order chi connectivity index (χ0) is 15.5. The van der Waals surface area contributed by atoms with Crippen LogP contribution in [-0.2, 0) is 12.8 Å². The molecule has 0 aliphatic rings. The molecule has 0 atom stereocenters. The van der Waals surface area contributed by atoms with Gasteiger partial charge in [0.15, 0.2) is 11.0 Å². The Kier molecular flexibility index (Phi) is 3.98. The minimum Gasteiger partial charge on any atom is -0.469 e. The second-order valence-electron chi connectivity index (χ2n) is 4.86. The number of aryl methyl sites for hydroxylation is 1. The molecule has 0 amide bonds. The van der Waals surface area contributed by atoms with E-state index in [0.29, 0.717) is 5.56 Å². The standard InChI is InChI=1S/C16H14N4OS/c1-11-14(6-7-21-11)15-18-19-16(20(15)2)22-10-13-5-3-4-12(8-13)9-17/h3-8H,10H2,1-2H3. The number of hydrogen-bond acceptors (Lipinski definition) is 5. The summed E-state index contributed by atoms with van der Waals surface area (Å²) < 4.78 is 7.27. The largest absolute Gasteiger partial charge is 0.469 e. The fourth-order valence-corrected chi connectivity index (χ4v) is 3.02. The van der Waals surface area contributed by atoms with Crippen molar-refractivity contribution in [2.24, 2.45) is 7.05 Å². The SMILES string of the molecule is Cc1occc1-c1nnc(SCc2cccc(C#N)c2)n1C. The summed E-state index contributed by atoms with van der Waals surface area (Å²) in [5.74, 6) is 2.36. The average molecular weight is 310 g/mol. The number of nitriles is 1. The second kappa shape index (κ2) is 6.08. The monoisotopic (exact) mass is 310 g/mol. The van der Waals surface area contributed by atoms with Gasteiger partial charge in [-0.3, -0.25) is 0 Å². The Hall–Kier alpha value is -2.52. The van der Waals surface area contributed by atoms with Crippen molar-refractivity contribution in [3.63, 3.8) is 0 Å². The molecule has 2 heterocycles. The molecule has 5 nitrogen and oxygen atoms in total. The lowest BCUT2D eigenvalue weighted by Gasteiger charge is -2.03. The van der Waals surface area contributed by atoms with Crippen LogP contribution in [0.3, 0.4) is 0 Å². The van der Waals surface area contributed by atoms with Gasteiger partial charge in [0.05, 0.1) is 23.5 Å². The van der Waals surface area contributed by atoms with E-state index in [0.717, 1.165) is 33.6 Å². The van der Waals surface area contributed by atoms with Gasteiger partial charge in [0, 0.05) is 12.8 Å². The zero-order valence-corrected chi connectivity index (χ0v) is 13.1. The summed E-state index contributed by atoms with van der Waals surface area (Å²) in [6.45, 7) is 1.91. The van der Waals surface area contributed by atoms with Crippen molar-refractivity contribution in [1.29, 1.82) is 5.26 Å². The molecular formula is C16H14N4OS. The Labute approximate surface area is 132 Å². The van der Waals surface area contributed by atoms with Gasteiger partial charge in [0.2, 0.25) is 0 Å². The van der Waals surface area contributed by atoms with Crippen molar-refractivity contribution in [3.8, 4) is 17.5 Å². The predicted molar refractivity (Wildman–Crippen MR) is 84.2 cm³/mol. The molecular weight excluding hydrogens is 296 g/mol. The van der Waals surface area contributed by atoms with E-state index in [4.69, 9.17) is 9.68 Å². The number of benzene rings is 1. The number of furan rings is 1. The Balaban J connectivity index is 1.78. The van der Waals surface area contributed by atoms with Gasteiger partial charge in [0.1, 0.15) is 5.76 Å². The molecule has 0 radical (unpaired) electrons. The lowest BCUT2D eigenvalue weighted by Crippen LogP contribution is -1.95. The fraction of sp³-hybridized carbons (Fsp3) is 0.188. The highest BCUT2D eigenvalue weighted by Gasteiger charge is 2.14. The van der Waals surface area contributed by atoms with Gasteiger partial charge in [-0.1, -0.05) is 23.9 Å². The average Bonchev–Trinajstić information content (AvgIpc) is 3.11. The van der Waals surface area contributed by atoms with Gasteiger partial charge in [-0.2, -0.15) is 5.26 Å². The molecule has 0 spiro atoms. The molecule has 3 aromatic rings. The van der Waals surface area contributed by atoms with E-state index >= 15 is 0 Å². The van der Waals surface area contributed by atoms with E-state index in [1.807, 2.05) is 42.8 Å². The Morgan fingerprint density at radius 1 is 1.32 bits per heavy atom. The maximum absolute atomic E-state index is 8.93. The quantitative estimate of drug-likeness (QED) is 0.689. The second-order valence-corrected chi connectivity index (χ2v) is 5.80. The maximum Gasteiger partial charge on any atom is 0.191 e. The normalized spacial score (nSPS) is 10.6. The number of rotatable bonds is 4. The van der Waals surface area contributed by atoms with Gasteiger partial charge in [0.25, 0.3) is 0 Å². The Morgan fingerprint density at radius 3 is 2.91 bits per heavy atom. The molecule has 0 bridgehead atoms. The number of hydrogen-bond donors (Lipinski definition) is 0. The third-order valence-electron chi connectivity index (χ3n) is 3.36. The Bertz CT molecular complexity index is 844. The summed E-state index contributed by atoms with van der Waals surface area (Å²) in [5, 5.41) is 18.3. The summed E-state index contributed by atoms with van der Waals surface area (Å²) in [4.78, 5) is 0. The van der Waals surface area contributed by atoms with Crippen molar-refractivity contribution >= 4 is 11.8 Å². The van der Waals surface area contributed by atoms with Gasteiger partial charge < -0.3 is 8.98 Å². The molecule has 3 rings (SSSR count). The van der Waals surface area contributed by atoms with Crippen LogP contribution in [0.5, 0.6) is 0 Å². The van der Waals surface area contributed by atoms with Crippen molar-refractivity contribution < 1.29 is 4.42 Å². The van der Waals surface area contributed by atoms with Crippen LogP contribution >= 0.6 is 11.8 Å². The first-order chi connectivity index (χ1) is 10.7. The molecule has 0 saturated carbocycles. The summed E-state index contributed by atoms with van der Waals surface area (Å²) in [6.07, 6.45) is 1.65. The molecule has 2 aromatic heterocycles. The molecule has 0 aliphatic heterocycles. The van der Waals surface area contributed by atoms with Crippen LogP contribution in [0.25, 0.3) is 11.4 Å². The van der Waals surface area contributed by atoms with Gasteiger partial charge >= 0.3 is 0 Å². The highest BCUT2D eigenvalue weighted by molar-refractivity contribution is 7.98. The van der Waals surface area contributed by atoms with Crippen LogP contribution in [0.4, 0.5) is 0 Å². The molecule has 0 fully saturated rings. The topological polar surface area (TPSA) is 67.6 Å². The summed E-state index contributed by atoms with van der Waals surface area (Å²) in [5.41, 5.74) is 2.71. The predicted octanol–water partition coefficient (Wildman–Crippen LogP) is 3.55. The van der Waals surface area contributed by atoms with E-state index in [1.165, 1.54) is 0 Å². The molecule has 1 aromatic carbocycles. The van der Waals surface area contributed by atoms with Crippen molar-refractivity contribution in [2.75, 3.05) is 0 Å². The third kappa shape index (κ3) is 2.76. The van der Waals surface area contributed by atoms with Crippen LogP contribution in [0.15, 0.2) is 46.2 Å². The smallest absolute Gasteiger partial charge is 0.191 e. The van der Waals surface area contributed by atoms with Crippen LogP contribution in [0.1, 0.15) is 16.9 Å². The molecule has 110 valence electrons. The summed E-state index contributed by atoms with van der Waals surface area (Å²) in [6, 6.07) is 11.6. The van der Waals surface area contributed by atoms with Crippen LogP contribution in [0, 0.1) is 18.3 Å². The van der Waals surface area contributed by atoms with Crippen molar-refractivity contribution in [1.82, 2.24) is 14.8 Å². The van der Waals surface area contributed by atoms with E-state index < -0.39 is 0 Å². The lowest BCUT2D eigenvalue weighted by atomic mass is 10.2. The van der Waals surface area contributed by atoms with Crippen LogP contribution < -0.4 is 0 Å². The minimum absolute atomic E-state index is 0.672. The van der Waals surface area contributed by atoms with Crippen LogP contribution in [0.2, 0.25) is 0 Å². The van der Waals surface area contributed by atoms with E-state index in [2.05, 4.69) is 16.3 Å². The summed E-state index contributed by atoms with van der Waals surface area (Å²) >= 11 is 1.59. The molecule has 22 heavy (non-hydrogen) atoms. The van der Waals surface area contributed by atoms with Gasteiger partial charge in [-0.15, -0.1) is 10.2 Å². The molecule has 6 heteroatoms. The first-order valence-electron chi connectivity index (χ1n) is 6.74. The zero-order valence-electron chi connectivity index (χ0n) is 12.3. The van der Waals surface area contributed by atoms with Gasteiger partial charge in [-0.05, 0) is 30.7 Å². The highest BCUT2D eigenvalue weighted by atomic mass is 32.2. The molecule has 0 aliphatic carbocycles. The fourth-order valence-electron chi connectivity index (χ4n) is 2.17. The molecule has 0 saturated heterocycles. The van der Waals surface area contributed by atoms with Crippen molar-refractivity contribution in [3.05, 3.63) is 53.5 Å². The van der Waals surface area contributed by atoms with Gasteiger partial charge in [-0.25, -0.2) is 0 Å². The Morgan fingerprint density at radius 2 is 2.18 bits per heavy atom. The van der Waals surface area contributed by atoms with E-state index in [1.54, 1.807) is 24.1 Å². The first kappa shape index (κ1) is 14.4. The highest BCUT2D eigenvalue weighted by Crippen LogP contribution is 2.27. The maximum atomic E-state index is 8.93.